The number of aromatic nitrogens is 4. The number of nitrogens with two attached hydrogens (primary N) is 2. The Kier molecular flexibility index (Phi) is 5.10. The van der Waals surface area contributed by atoms with Crippen LogP contribution in [0.5, 0.6) is 0 Å². The smallest absolute Gasteiger partial charge is 0.270 e. The number of nitro benzene ring substituents is 1. The van der Waals surface area contributed by atoms with Crippen LogP contribution in [0, 0.1) is 10.1 Å². The molecule has 0 aliphatic rings. The molecule has 0 aliphatic heterocycles. The predicted molar refractivity (Wildman–Crippen MR) is 102 cm³/mol. The predicted octanol–water partition coefficient (Wildman–Crippen LogP) is 1.83. The summed E-state index contributed by atoms with van der Waals surface area (Å²) in [5.41, 5.74) is 11.5. The summed E-state index contributed by atoms with van der Waals surface area (Å²) >= 11 is 0. The van der Waals surface area contributed by atoms with Crippen molar-refractivity contribution in [2.75, 3.05) is 17.7 Å². The average molecular weight is 415 g/mol. The molecule has 2 heterocycles. The second-order valence-electron chi connectivity index (χ2n) is 5.64. The summed E-state index contributed by atoms with van der Waals surface area (Å²) < 4.78 is 23.9. The highest BCUT2D eigenvalue weighted by molar-refractivity contribution is 7.90. The number of nitro groups is 1. The fourth-order valence-corrected chi connectivity index (χ4v) is 3.05. The summed E-state index contributed by atoms with van der Waals surface area (Å²) in [6.45, 7) is 0. The van der Waals surface area contributed by atoms with E-state index in [0.29, 0.717) is 5.69 Å². The van der Waals surface area contributed by atoms with E-state index in [1.54, 1.807) is 0 Å². The molecule has 148 valence electrons. The Morgan fingerprint density at radius 1 is 1.10 bits per heavy atom. The third kappa shape index (κ3) is 4.27. The molecular formula is C15H13N9O4S. The number of nitrogen functional groups attached to an aromatic ring is 2. The highest BCUT2D eigenvalue weighted by Gasteiger charge is 2.19. The fourth-order valence-electron chi connectivity index (χ4n) is 2.22. The van der Waals surface area contributed by atoms with E-state index in [-0.39, 0.29) is 33.7 Å². The third-order valence-electron chi connectivity index (χ3n) is 3.54. The number of sulfone groups is 1. The van der Waals surface area contributed by atoms with Crippen molar-refractivity contribution in [1.29, 1.82) is 0 Å². The minimum absolute atomic E-state index is 0.0876. The normalized spacial score (nSPS) is 11.6. The van der Waals surface area contributed by atoms with Crippen molar-refractivity contribution in [3.63, 3.8) is 0 Å². The van der Waals surface area contributed by atoms with Crippen LogP contribution in [0.3, 0.4) is 0 Å². The second-order valence-corrected chi connectivity index (χ2v) is 7.62. The van der Waals surface area contributed by atoms with Gasteiger partial charge in [0.25, 0.3) is 5.69 Å². The van der Waals surface area contributed by atoms with Gasteiger partial charge in [-0.1, -0.05) is 0 Å². The Balaban J connectivity index is 2.04. The molecule has 0 fully saturated rings. The molecule has 14 heteroatoms. The van der Waals surface area contributed by atoms with Crippen molar-refractivity contribution < 1.29 is 13.3 Å². The van der Waals surface area contributed by atoms with Crippen molar-refractivity contribution in [2.24, 2.45) is 10.2 Å². The average Bonchev–Trinajstić information content (AvgIpc) is 2.67. The van der Waals surface area contributed by atoms with Crippen molar-refractivity contribution in [3.05, 3.63) is 46.9 Å². The summed E-state index contributed by atoms with van der Waals surface area (Å²) in [6.07, 6.45) is 5.24. The number of nitrogens with zero attached hydrogens (tertiary/aromatic N) is 7. The molecule has 3 rings (SSSR count). The second kappa shape index (κ2) is 7.51. The Morgan fingerprint density at radius 3 is 2.34 bits per heavy atom. The first-order chi connectivity index (χ1) is 13.7. The van der Waals surface area contributed by atoms with E-state index in [9.17, 15) is 18.5 Å². The van der Waals surface area contributed by atoms with Gasteiger partial charge < -0.3 is 11.5 Å². The van der Waals surface area contributed by atoms with Crippen LogP contribution in [-0.2, 0) is 9.84 Å². The Hall–Kier alpha value is -4.07. The van der Waals surface area contributed by atoms with Crippen molar-refractivity contribution in [1.82, 2.24) is 19.9 Å². The van der Waals surface area contributed by atoms with Crippen LogP contribution in [0.1, 0.15) is 0 Å². The number of rotatable bonds is 5. The van der Waals surface area contributed by atoms with E-state index >= 15 is 0 Å². The van der Waals surface area contributed by atoms with Gasteiger partial charge in [-0.3, -0.25) is 15.1 Å². The minimum Gasteiger partial charge on any atom is -0.382 e. The van der Waals surface area contributed by atoms with E-state index in [1.807, 2.05) is 0 Å². The maximum Gasteiger partial charge on any atom is 0.270 e. The summed E-state index contributed by atoms with van der Waals surface area (Å²) in [5, 5.41) is 18.6. The lowest BCUT2D eigenvalue weighted by molar-refractivity contribution is -0.385. The van der Waals surface area contributed by atoms with Crippen LogP contribution in [0.25, 0.3) is 11.5 Å². The molecule has 0 atom stereocenters. The molecule has 3 aromatic rings. The van der Waals surface area contributed by atoms with Crippen LogP contribution in [0.15, 0.2) is 51.9 Å². The van der Waals surface area contributed by atoms with Gasteiger partial charge in [-0.05, 0) is 6.07 Å². The van der Waals surface area contributed by atoms with E-state index in [0.717, 1.165) is 24.5 Å². The SMILES string of the molecule is CS(=O)(=O)c1cc([N+](=O)[O-])ccc1N=Nc1c(N)nc(-c2cnccn2)nc1N. The monoisotopic (exact) mass is 415 g/mol. The molecule has 1 aromatic carbocycles. The van der Waals surface area contributed by atoms with Crippen LogP contribution in [-0.4, -0.2) is 39.5 Å². The van der Waals surface area contributed by atoms with Gasteiger partial charge in [0.1, 0.15) is 16.3 Å². The third-order valence-corrected chi connectivity index (χ3v) is 4.67. The molecule has 2 aromatic heterocycles. The minimum atomic E-state index is -3.82. The van der Waals surface area contributed by atoms with E-state index in [4.69, 9.17) is 11.5 Å². The lowest BCUT2D eigenvalue weighted by Gasteiger charge is -2.06. The Bertz CT molecular complexity index is 1210. The molecule has 0 unspecified atom stereocenters. The van der Waals surface area contributed by atoms with Gasteiger partial charge in [-0.15, -0.1) is 10.2 Å². The maximum atomic E-state index is 12.0. The first-order valence-electron chi connectivity index (χ1n) is 7.76. The van der Waals surface area contributed by atoms with Gasteiger partial charge in [0.2, 0.25) is 0 Å². The number of non-ortho nitro benzene ring substituents is 1. The highest BCUT2D eigenvalue weighted by atomic mass is 32.2. The zero-order chi connectivity index (χ0) is 21.2. The van der Waals surface area contributed by atoms with Crippen LogP contribution in [0.4, 0.5) is 28.7 Å². The largest absolute Gasteiger partial charge is 0.382 e. The molecule has 4 N–H and O–H groups in total. The van der Waals surface area contributed by atoms with Crippen LogP contribution >= 0.6 is 0 Å². The van der Waals surface area contributed by atoms with Gasteiger partial charge in [0.15, 0.2) is 33.0 Å². The molecule has 0 radical (unpaired) electrons. The zero-order valence-electron chi connectivity index (χ0n) is 14.8. The van der Waals surface area contributed by atoms with E-state index in [2.05, 4.69) is 30.2 Å². The first-order valence-corrected chi connectivity index (χ1v) is 9.65. The molecule has 0 saturated carbocycles. The lowest BCUT2D eigenvalue weighted by Crippen LogP contribution is -2.02. The van der Waals surface area contributed by atoms with Crippen LogP contribution < -0.4 is 11.5 Å². The summed E-state index contributed by atoms with van der Waals surface area (Å²) in [5.74, 6) is -0.117. The molecule has 13 nitrogen and oxygen atoms in total. The number of hydrogen-bond acceptors (Lipinski definition) is 12. The number of benzene rings is 1. The summed E-state index contributed by atoms with van der Waals surface area (Å²) in [4.78, 5) is 25.9. The molecule has 0 spiro atoms. The first kappa shape index (κ1) is 19.7. The lowest BCUT2D eigenvalue weighted by atomic mass is 10.3. The number of hydrogen-bond donors (Lipinski definition) is 2. The fraction of sp³-hybridized carbons (Fsp3) is 0.0667. The number of azo groups is 1. The molecule has 29 heavy (non-hydrogen) atoms. The van der Waals surface area contributed by atoms with Crippen molar-refractivity contribution in [2.45, 2.75) is 4.90 Å². The highest BCUT2D eigenvalue weighted by Crippen LogP contribution is 2.33. The zero-order valence-corrected chi connectivity index (χ0v) is 15.6. The Labute approximate surface area is 163 Å². The maximum absolute atomic E-state index is 12.0. The standard InChI is InChI=1S/C15H13N9O4S/c1-29(27,28)11-6-8(24(25)26)2-3-9(11)22-23-12-13(16)20-15(21-14(12)17)10-7-18-4-5-19-10/h2-7H,1H3,(H4,16,17,20,21). The molecule has 0 aliphatic carbocycles. The van der Waals surface area contributed by atoms with E-state index < -0.39 is 20.4 Å². The van der Waals surface area contributed by atoms with E-state index in [1.165, 1.54) is 18.6 Å². The number of anilines is 2. The topological polar surface area (TPSA) is 206 Å². The van der Waals surface area contributed by atoms with Gasteiger partial charge in [-0.25, -0.2) is 23.4 Å². The molecule has 0 saturated heterocycles. The van der Waals surface area contributed by atoms with Gasteiger partial charge in [-0.2, -0.15) is 0 Å². The molecule has 0 amide bonds. The van der Waals surface area contributed by atoms with Crippen molar-refractivity contribution in [3.8, 4) is 11.5 Å². The summed E-state index contributed by atoms with van der Waals surface area (Å²) in [7, 11) is -3.82. The molecular weight excluding hydrogens is 402 g/mol. The van der Waals surface area contributed by atoms with Gasteiger partial charge >= 0.3 is 0 Å². The Morgan fingerprint density at radius 2 is 1.79 bits per heavy atom. The van der Waals surface area contributed by atoms with Crippen LogP contribution in [0.2, 0.25) is 0 Å². The molecule has 0 bridgehead atoms. The van der Waals surface area contributed by atoms with Crippen molar-refractivity contribution >= 4 is 38.5 Å². The van der Waals surface area contributed by atoms with Gasteiger partial charge in [0.05, 0.1) is 11.1 Å². The summed E-state index contributed by atoms with van der Waals surface area (Å²) in [6, 6.07) is 3.15. The quantitative estimate of drug-likeness (QED) is 0.351. The van der Waals surface area contributed by atoms with Gasteiger partial charge in [0, 0.05) is 30.8 Å².